The molecule has 0 aromatic carbocycles. The molecular weight excluding hydrogens is 477 g/mol. The molecule has 5 heterocycles. The summed E-state index contributed by atoms with van der Waals surface area (Å²) in [4.78, 5) is 32.4. The van der Waals surface area contributed by atoms with Crippen molar-refractivity contribution >= 4 is 29.2 Å². The van der Waals surface area contributed by atoms with Crippen LogP contribution in [0.15, 0.2) is 35.3 Å². The van der Waals surface area contributed by atoms with Gasteiger partial charge in [-0.05, 0) is 31.9 Å². The van der Waals surface area contributed by atoms with Gasteiger partial charge < -0.3 is 19.0 Å². The molecule has 2 atom stereocenters. The Morgan fingerprint density at radius 3 is 2.68 bits per heavy atom. The Morgan fingerprint density at radius 2 is 2.06 bits per heavy atom. The lowest BCUT2D eigenvalue weighted by Gasteiger charge is -2.40. The zero-order valence-electron chi connectivity index (χ0n) is 18.0. The monoisotopic (exact) mass is 496 g/mol. The van der Waals surface area contributed by atoms with Gasteiger partial charge in [0, 0.05) is 36.0 Å². The average molecular weight is 497 g/mol. The number of aromatic nitrogens is 2. The average Bonchev–Trinajstić information content (AvgIpc) is 3.53. The fourth-order valence-electron chi connectivity index (χ4n) is 4.65. The van der Waals surface area contributed by atoms with Crippen molar-refractivity contribution in [1.29, 1.82) is 0 Å². The van der Waals surface area contributed by atoms with Crippen molar-refractivity contribution in [3.05, 3.63) is 47.3 Å². The number of likely N-dealkylation sites (tertiary alicyclic amines) is 1. The number of hydrogen-bond donors (Lipinski definition) is 0. The second-order valence-electron chi connectivity index (χ2n) is 8.43. The Balaban J connectivity index is 1.48. The number of pyridine rings is 1. The van der Waals surface area contributed by atoms with Crippen LogP contribution in [-0.2, 0) is 10.9 Å². The molecule has 3 aromatic rings. The molecule has 12 heteroatoms. The molecule has 0 radical (unpaired) electrons. The van der Waals surface area contributed by atoms with Crippen LogP contribution < -0.4 is 0 Å². The zero-order chi connectivity index (χ0) is 24.2. The Bertz CT molecular complexity index is 1260. The van der Waals surface area contributed by atoms with E-state index in [1.54, 1.807) is 4.90 Å². The van der Waals surface area contributed by atoms with Crippen molar-refractivity contribution in [3.8, 4) is 11.1 Å². The smallest absolute Gasteiger partial charge is 0.420 e. The predicted octanol–water partition coefficient (Wildman–Crippen LogP) is 4.71. The van der Waals surface area contributed by atoms with Crippen molar-refractivity contribution in [1.82, 2.24) is 19.2 Å². The molecule has 0 spiro atoms. The second-order valence-corrected chi connectivity index (χ2v) is 8.79. The van der Waals surface area contributed by atoms with E-state index in [9.17, 15) is 22.8 Å². The van der Waals surface area contributed by atoms with Gasteiger partial charge in [0.2, 0.25) is 0 Å². The SMILES string of the molecule is C[C@H]1C[C@H](N2CCOC2=O)CCN1C(=O)c1nc2c(C(F)(F)F)cc(-c3ccoc3)cn2c1Cl. The van der Waals surface area contributed by atoms with E-state index in [0.717, 1.165) is 10.5 Å². The summed E-state index contributed by atoms with van der Waals surface area (Å²) in [5, 5.41) is -0.201. The van der Waals surface area contributed by atoms with Crippen LogP contribution in [-0.4, -0.2) is 63.0 Å². The van der Waals surface area contributed by atoms with Gasteiger partial charge in [-0.15, -0.1) is 0 Å². The number of halogens is 4. The van der Waals surface area contributed by atoms with Crippen molar-refractivity contribution in [2.24, 2.45) is 0 Å². The third-order valence-corrected chi connectivity index (χ3v) is 6.73. The highest BCUT2D eigenvalue weighted by atomic mass is 35.5. The molecule has 0 N–H and O–H groups in total. The number of fused-ring (bicyclic) bond motifs is 1. The maximum Gasteiger partial charge on any atom is 0.420 e. The highest BCUT2D eigenvalue weighted by molar-refractivity contribution is 6.33. The van der Waals surface area contributed by atoms with Crippen molar-refractivity contribution in [3.63, 3.8) is 0 Å². The van der Waals surface area contributed by atoms with Crippen LogP contribution in [0.4, 0.5) is 18.0 Å². The minimum Gasteiger partial charge on any atom is -0.472 e. The summed E-state index contributed by atoms with van der Waals surface area (Å²) >= 11 is 6.42. The van der Waals surface area contributed by atoms with E-state index in [1.165, 1.54) is 29.7 Å². The van der Waals surface area contributed by atoms with E-state index < -0.39 is 23.3 Å². The first-order valence-electron chi connectivity index (χ1n) is 10.7. The van der Waals surface area contributed by atoms with E-state index in [1.807, 2.05) is 6.92 Å². The molecule has 8 nitrogen and oxygen atoms in total. The molecule has 34 heavy (non-hydrogen) atoms. The number of amides is 2. The number of hydrogen-bond acceptors (Lipinski definition) is 5. The number of rotatable bonds is 3. The number of nitrogens with zero attached hydrogens (tertiary/aromatic N) is 4. The van der Waals surface area contributed by atoms with Gasteiger partial charge in [-0.1, -0.05) is 11.6 Å². The highest BCUT2D eigenvalue weighted by Crippen LogP contribution is 2.37. The number of carbonyl (C=O) groups excluding carboxylic acids is 2. The minimum absolute atomic E-state index is 0.0695. The summed E-state index contributed by atoms with van der Waals surface area (Å²) in [6, 6.07) is 2.14. The minimum atomic E-state index is -4.72. The van der Waals surface area contributed by atoms with E-state index in [-0.39, 0.29) is 34.6 Å². The fourth-order valence-corrected chi connectivity index (χ4v) is 4.91. The van der Waals surface area contributed by atoms with Gasteiger partial charge in [0.15, 0.2) is 11.3 Å². The van der Waals surface area contributed by atoms with Crippen LogP contribution in [0.2, 0.25) is 5.15 Å². The molecule has 3 aromatic heterocycles. The van der Waals surface area contributed by atoms with Gasteiger partial charge >= 0.3 is 12.3 Å². The molecule has 2 aliphatic heterocycles. The van der Waals surface area contributed by atoms with Gasteiger partial charge in [0.1, 0.15) is 11.8 Å². The maximum atomic E-state index is 13.9. The second kappa shape index (κ2) is 8.23. The number of piperidine rings is 1. The Kier molecular flexibility index (Phi) is 5.46. The fraction of sp³-hybridized carbons (Fsp3) is 0.409. The number of furan rings is 1. The molecule has 0 unspecified atom stereocenters. The van der Waals surface area contributed by atoms with Gasteiger partial charge in [-0.2, -0.15) is 13.2 Å². The lowest BCUT2D eigenvalue weighted by molar-refractivity contribution is -0.136. The van der Waals surface area contributed by atoms with Crippen LogP contribution in [0, 0.1) is 0 Å². The lowest BCUT2D eigenvalue weighted by atomic mass is 9.96. The summed E-state index contributed by atoms with van der Waals surface area (Å²) in [7, 11) is 0. The molecular formula is C22H20ClF3N4O4. The molecule has 2 fully saturated rings. The Hall–Kier alpha value is -3.21. The third kappa shape index (κ3) is 3.77. The summed E-state index contributed by atoms with van der Waals surface area (Å²) in [6.45, 7) is 2.98. The summed E-state index contributed by atoms with van der Waals surface area (Å²) in [5.41, 5.74) is -1.05. The Labute approximate surface area is 196 Å². The molecule has 5 rings (SSSR count). The maximum absolute atomic E-state index is 13.9. The van der Waals surface area contributed by atoms with Gasteiger partial charge in [-0.25, -0.2) is 9.78 Å². The van der Waals surface area contributed by atoms with Crippen molar-refractivity contribution < 1.29 is 31.9 Å². The third-order valence-electron chi connectivity index (χ3n) is 6.37. The number of alkyl halides is 3. The van der Waals surface area contributed by atoms with E-state index in [2.05, 4.69) is 4.98 Å². The number of carbonyl (C=O) groups is 2. The first-order valence-corrected chi connectivity index (χ1v) is 11.1. The number of cyclic esters (lactones) is 1. The molecule has 2 aliphatic rings. The lowest BCUT2D eigenvalue weighted by Crippen LogP contribution is -2.51. The highest BCUT2D eigenvalue weighted by Gasteiger charge is 2.39. The first kappa shape index (κ1) is 22.6. The molecule has 0 saturated carbocycles. The van der Waals surface area contributed by atoms with Crippen molar-refractivity contribution in [2.75, 3.05) is 19.7 Å². The van der Waals surface area contributed by atoms with E-state index in [0.29, 0.717) is 38.1 Å². The van der Waals surface area contributed by atoms with Gasteiger partial charge in [-0.3, -0.25) is 9.20 Å². The number of imidazole rings is 1. The standard InChI is InChI=1S/C22H20ClF3N4O4/c1-12-8-15(29-5-7-34-21(29)32)2-4-28(12)20(31)17-18(23)30-10-14(13-3-6-33-11-13)9-16(19(30)27-17)22(24,25)26/h3,6,9-12,15H,2,4-5,7-8H2,1H3/t12-,15+/m0/s1. The summed E-state index contributed by atoms with van der Waals surface area (Å²) < 4.78 is 52.7. The van der Waals surface area contributed by atoms with Gasteiger partial charge in [0.05, 0.1) is 24.6 Å². The van der Waals surface area contributed by atoms with Crippen molar-refractivity contribution in [2.45, 2.75) is 38.0 Å². The largest absolute Gasteiger partial charge is 0.472 e. The van der Waals surface area contributed by atoms with Crippen LogP contribution >= 0.6 is 11.6 Å². The van der Waals surface area contributed by atoms with Crippen LogP contribution in [0.3, 0.4) is 0 Å². The topological polar surface area (TPSA) is 80.3 Å². The summed E-state index contributed by atoms with van der Waals surface area (Å²) in [6.07, 6.45) is 0.0270. The number of ether oxygens (including phenoxy) is 1. The van der Waals surface area contributed by atoms with E-state index in [4.69, 9.17) is 20.8 Å². The van der Waals surface area contributed by atoms with Crippen LogP contribution in [0.5, 0.6) is 0 Å². The van der Waals surface area contributed by atoms with Crippen LogP contribution in [0.1, 0.15) is 35.8 Å². The quantitative estimate of drug-likeness (QED) is 0.524. The van der Waals surface area contributed by atoms with Crippen LogP contribution in [0.25, 0.3) is 16.8 Å². The van der Waals surface area contributed by atoms with E-state index >= 15 is 0 Å². The first-order chi connectivity index (χ1) is 16.1. The van der Waals surface area contributed by atoms with Gasteiger partial charge in [0.25, 0.3) is 5.91 Å². The predicted molar refractivity (Wildman–Crippen MR) is 114 cm³/mol. The normalized spacial score (nSPS) is 21.4. The zero-order valence-corrected chi connectivity index (χ0v) is 18.8. The Morgan fingerprint density at radius 1 is 1.26 bits per heavy atom. The molecule has 0 aliphatic carbocycles. The summed E-state index contributed by atoms with van der Waals surface area (Å²) in [5.74, 6) is -0.554. The molecule has 0 bridgehead atoms. The molecule has 2 saturated heterocycles. The molecule has 180 valence electrons. The molecule has 2 amide bonds.